The van der Waals surface area contributed by atoms with Gasteiger partial charge in [-0.3, -0.25) is 9.67 Å². The maximum Gasteiger partial charge on any atom is 0.0762 e. The Labute approximate surface area is 114 Å². The largest absolute Gasteiger partial charge is 0.304 e. The lowest BCUT2D eigenvalue weighted by Gasteiger charge is -2.13. The van der Waals surface area contributed by atoms with Crippen LogP contribution in [0.15, 0.2) is 36.8 Å². The van der Waals surface area contributed by atoms with Gasteiger partial charge in [0.1, 0.15) is 0 Å². The molecule has 4 nitrogen and oxygen atoms in total. The number of hydrogen-bond donors (Lipinski definition) is 1. The van der Waals surface area contributed by atoms with E-state index in [0.29, 0.717) is 12.1 Å². The summed E-state index contributed by atoms with van der Waals surface area (Å²) in [6.45, 7) is 7.30. The Bertz CT molecular complexity index is 492. The fourth-order valence-corrected chi connectivity index (χ4v) is 1.93. The molecule has 0 bridgehead atoms. The lowest BCUT2D eigenvalue weighted by atomic mass is 10.1. The van der Waals surface area contributed by atoms with E-state index >= 15 is 0 Å². The minimum absolute atomic E-state index is 0.303. The highest BCUT2D eigenvalue weighted by atomic mass is 15.3. The van der Waals surface area contributed by atoms with Gasteiger partial charge in [-0.05, 0) is 44.0 Å². The summed E-state index contributed by atoms with van der Waals surface area (Å²) in [6.07, 6.45) is 6.81. The van der Waals surface area contributed by atoms with Crippen LogP contribution in [0.2, 0.25) is 0 Å². The third-order valence-electron chi connectivity index (χ3n) is 3.50. The van der Waals surface area contributed by atoms with E-state index in [4.69, 9.17) is 0 Å². The molecular weight excluding hydrogens is 236 g/mol. The quantitative estimate of drug-likeness (QED) is 0.865. The van der Waals surface area contributed by atoms with E-state index in [1.54, 1.807) is 0 Å². The van der Waals surface area contributed by atoms with Gasteiger partial charge in [-0.15, -0.1) is 0 Å². The van der Waals surface area contributed by atoms with Gasteiger partial charge in [-0.25, -0.2) is 0 Å². The number of aromatic nitrogens is 3. The van der Waals surface area contributed by atoms with Crippen molar-refractivity contribution >= 4 is 0 Å². The molecule has 0 aliphatic carbocycles. The van der Waals surface area contributed by atoms with Gasteiger partial charge in [-0.2, -0.15) is 5.10 Å². The van der Waals surface area contributed by atoms with Crippen molar-refractivity contribution in [2.24, 2.45) is 0 Å². The van der Waals surface area contributed by atoms with Crippen molar-refractivity contribution in [1.29, 1.82) is 0 Å². The summed E-state index contributed by atoms with van der Waals surface area (Å²) in [5.74, 6) is 0. The molecule has 0 saturated carbocycles. The number of hydrogen-bond acceptors (Lipinski definition) is 3. The monoisotopic (exact) mass is 258 g/mol. The van der Waals surface area contributed by atoms with E-state index in [2.05, 4.69) is 48.4 Å². The predicted molar refractivity (Wildman–Crippen MR) is 76.7 cm³/mol. The molecule has 0 saturated heterocycles. The van der Waals surface area contributed by atoms with E-state index in [1.165, 1.54) is 5.56 Å². The van der Waals surface area contributed by atoms with Gasteiger partial charge in [0.2, 0.25) is 0 Å². The minimum atomic E-state index is 0.303. The average molecular weight is 258 g/mol. The Morgan fingerprint density at radius 3 is 2.63 bits per heavy atom. The summed E-state index contributed by atoms with van der Waals surface area (Å²) in [4.78, 5) is 4.03. The van der Waals surface area contributed by atoms with Crippen LogP contribution in [0.1, 0.15) is 50.5 Å². The second kappa shape index (κ2) is 6.48. The molecule has 2 rings (SSSR count). The maximum absolute atomic E-state index is 4.59. The van der Waals surface area contributed by atoms with Gasteiger partial charge < -0.3 is 5.32 Å². The average Bonchev–Trinajstić information content (AvgIpc) is 2.93. The van der Waals surface area contributed by atoms with E-state index in [0.717, 1.165) is 18.7 Å². The molecule has 2 aromatic heterocycles. The Kier molecular flexibility index (Phi) is 4.68. The predicted octanol–water partition coefficient (Wildman–Crippen LogP) is 3.10. The van der Waals surface area contributed by atoms with Crippen LogP contribution < -0.4 is 5.32 Å². The second-order valence-electron chi connectivity index (χ2n) is 4.93. The zero-order valence-corrected chi connectivity index (χ0v) is 11.9. The standard InChI is InChI=1S/C15H22N4/c1-4-12(2)19-10-7-15(18-19)11-17-13(3)14-5-8-16-9-6-14/h5-10,12-13,17H,4,11H2,1-3H3/t12?,13-/m0/s1. The molecule has 0 aromatic carbocycles. The highest BCUT2D eigenvalue weighted by Gasteiger charge is 2.07. The molecule has 0 aliphatic rings. The van der Waals surface area contributed by atoms with E-state index in [-0.39, 0.29) is 0 Å². The summed E-state index contributed by atoms with van der Waals surface area (Å²) >= 11 is 0. The van der Waals surface area contributed by atoms with Crippen molar-refractivity contribution in [2.45, 2.75) is 45.8 Å². The molecule has 102 valence electrons. The number of rotatable bonds is 6. The molecule has 0 amide bonds. The van der Waals surface area contributed by atoms with Gasteiger partial charge in [0.25, 0.3) is 0 Å². The third-order valence-corrected chi connectivity index (χ3v) is 3.50. The lowest BCUT2D eigenvalue weighted by Crippen LogP contribution is -2.18. The van der Waals surface area contributed by atoms with Crippen LogP contribution in [-0.4, -0.2) is 14.8 Å². The van der Waals surface area contributed by atoms with Crippen LogP contribution in [0, 0.1) is 0 Å². The molecule has 2 aromatic rings. The molecule has 2 heterocycles. The van der Waals surface area contributed by atoms with Gasteiger partial charge in [-0.1, -0.05) is 6.92 Å². The van der Waals surface area contributed by atoms with Crippen LogP contribution in [0.25, 0.3) is 0 Å². The van der Waals surface area contributed by atoms with Gasteiger partial charge in [0.05, 0.1) is 5.69 Å². The van der Waals surface area contributed by atoms with E-state index in [1.807, 2.05) is 29.2 Å². The van der Waals surface area contributed by atoms with Crippen LogP contribution in [0.5, 0.6) is 0 Å². The molecule has 19 heavy (non-hydrogen) atoms. The Morgan fingerprint density at radius 1 is 1.21 bits per heavy atom. The molecule has 0 fully saturated rings. The number of pyridine rings is 1. The van der Waals surface area contributed by atoms with Crippen molar-refractivity contribution in [3.8, 4) is 0 Å². The topological polar surface area (TPSA) is 42.7 Å². The summed E-state index contributed by atoms with van der Waals surface area (Å²) in [7, 11) is 0. The fourth-order valence-electron chi connectivity index (χ4n) is 1.93. The van der Waals surface area contributed by atoms with Gasteiger partial charge >= 0.3 is 0 Å². The highest BCUT2D eigenvalue weighted by Crippen LogP contribution is 2.12. The van der Waals surface area contributed by atoms with Crippen LogP contribution in [0.3, 0.4) is 0 Å². The second-order valence-corrected chi connectivity index (χ2v) is 4.93. The van der Waals surface area contributed by atoms with Crippen molar-refractivity contribution in [1.82, 2.24) is 20.1 Å². The summed E-state index contributed by atoms with van der Waals surface area (Å²) in [5, 5.41) is 8.07. The zero-order chi connectivity index (χ0) is 13.7. The molecule has 0 aliphatic heterocycles. The maximum atomic E-state index is 4.59. The highest BCUT2D eigenvalue weighted by molar-refractivity contribution is 5.14. The first kappa shape index (κ1) is 13.7. The first-order valence-electron chi connectivity index (χ1n) is 6.88. The van der Waals surface area contributed by atoms with Crippen LogP contribution in [-0.2, 0) is 6.54 Å². The first-order valence-corrected chi connectivity index (χ1v) is 6.88. The van der Waals surface area contributed by atoms with Crippen molar-refractivity contribution < 1.29 is 0 Å². The third kappa shape index (κ3) is 3.64. The van der Waals surface area contributed by atoms with Gasteiger partial charge in [0.15, 0.2) is 0 Å². The Morgan fingerprint density at radius 2 is 1.95 bits per heavy atom. The van der Waals surface area contributed by atoms with Crippen molar-refractivity contribution in [2.75, 3.05) is 0 Å². The van der Waals surface area contributed by atoms with E-state index < -0.39 is 0 Å². The molecule has 1 unspecified atom stereocenters. The van der Waals surface area contributed by atoms with Crippen LogP contribution in [0.4, 0.5) is 0 Å². The minimum Gasteiger partial charge on any atom is -0.304 e. The molecule has 0 spiro atoms. The molecule has 0 radical (unpaired) electrons. The summed E-state index contributed by atoms with van der Waals surface area (Å²) < 4.78 is 2.04. The van der Waals surface area contributed by atoms with Gasteiger partial charge in [0, 0.05) is 37.2 Å². The SMILES string of the molecule is CCC(C)n1ccc(CN[C@@H](C)c2ccncc2)n1. The smallest absolute Gasteiger partial charge is 0.0762 e. The number of nitrogens with zero attached hydrogens (tertiary/aromatic N) is 3. The van der Waals surface area contributed by atoms with E-state index in [9.17, 15) is 0 Å². The van der Waals surface area contributed by atoms with Crippen molar-refractivity contribution in [3.05, 3.63) is 48.0 Å². The summed E-state index contributed by atoms with van der Waals surface area (Å²) in [5.41, 5.74) is 2.33. The Balaban J connectivity index is 1.90. The fraction of sp³-hybridized carbons (Fsp3) is 0.467. The molecule has 1 N–H and O–H groups in total. The zero-order valence-electron chi connectivity index (χ0n) is 11.9. The lowest BCUT2D eigenvalue weighted by molar-refractivity contribution is 0.468. The summed E-state index contributed by atoms with van der Waals surface area (Å²) in [6, 6.07) is 6.92. The van der Waals surface area contributed by atoms with Crippen molar-refractivity contribution in [3.63, 3.8) is 0 Å². The van der Waals surface area contributed by atoms with Crippen LogP contribution >= 0.6 is 0 Å². The number of nitrogens with one attached hydrogen (secondary N) is 1. The molecule has 2 atom stereocenters. The molecule has 4 heteroatoms. The normalized spacial score (nSPS) is 14.3. The molecular formula is C15H22N4. The Hall–Kier alpha value is -1.68. The first-order chi connectivity index (χ1) is 9.20.